The highest BCUT2D eigenvalue weighted by Crippen LogP contribution is 2.31. The number of fused-ring (bicyclic) bond motifs is 1. The number of H-pyrrole nitrogens is 1. The molecule has 1 saturated heterocycles. The van der Waals surface area contributed by atoms with Crippen LogP contribution in [0.4, 0.5) is 0 Å². The maximum Gasteiger partial charge on any atom is 0.191 e. The molecule has 1 aromatic carbocycles. The van der Waals surface area contributed by atoms with Gasteiger partial charge in [-0.15, -0.1) is 11.8 Å². The Kier molecular flexibility index (Phi) is 5.88. The lowest BCUT2D eigenvalue weighted by atomic mass is 10.0. The Balaban J connectivity index is 1.50. The zero-order valence-corrected chi connectivity index (χ0v) is 19.2. The van der Waals surface area contributed by atoms with Gasteiger partial charge in [-0.25, -0.2) is 18.4 Å². The number of nitriles is 1. The van der Waals surface area contributed by atoms with E-state index in [1.54, 1.807) is 35.3 Å². The smallest absolute Gasteiger partial charge is 0.191 e. The lowest BCUT2D eigenvalue weighted by Gasteiger charge is -2.23. The lowest BCUT2D eigenvalue weighted by Crippen LogP contribution is -2.37. The van der Waals surface area contributed by atoms with Crippen LogP contribution < -0.4 is 5.32 Å². The maximum atomic E-state index is 13.2. The van der Waals surface area contributed by atoms with Crippen molar-refractivity contribution in [3.05, 3.63) is 60.8 Å². The minimum absolute atomic E-state index is 0.147. The number of nitrogens with one attached hydrogen (secondary N) is 2. The Morgan fingerprint density at radius 1 is 1.30 bits per heavy atom. The number of hydrogen-bond acceptors (Lipinski definition) is 8. The van der Waals surface area contributed by atoms with Gasteiger partial charge in [0.05, 0.1) is 35.3 Å². The summed E-state index contributed by atoms with van der Waals surface area (Å²) in [6.07, 6.45) is 6.97. The van der Waals surface area contributed by atoms with E-state index in [1.807, 2.05) is 18.3 Å². The molecule has 9 nitrogen and oxygen atoms in total. The number of thioether (sulfide) groups is 1. The molecule has 2 N–H and O–H groups in total. The molecule has 1 fully saturated rings. The molecule has 0 radical (unpaired) electrons. The van der Waals surface area contributed by atoms with E-state index in [0.717, 1.165) is 40.2 Å². The minimum atomic E-state index is -3.50. The van der Waals surface area contributed by atoms with Crippen molar-refractivity contribution in [1.29, 1.82) is 5.26 Å². The largest absolute Gasteiger partial charge is 0.346 e. The standard InChI is InChI=1S/C22H21N7O2S2/c23-6-4-19(15-2-1-3-17(10-15)33(30,31)20-12-24-8-9-32-20)29-13-16(11-28-29)21-18-5-7-25-22(18)27-14-26-21/h1-3,5,7,10-11,13-14,19-20,24H,4,8-9,12H2,(H,25,26,27). The van der Waals surface area contributed by atoms with Crippen molar-refractivity contribution >= 4 is 32.6 Å². The lowest BCUT2D eigenvalue weighted by molar-refractivity contribution is 0.531. The number of aromatic nitrogens is 5. The number of hydrogen-bond donors (Lipinski definition) is 2. The van der Waals surface area contributed by atoms with E-state index in [9.17, 15) is 13.7 Å². The number of benzene rings is 1. The van der Waals surface area contributed by atoms with E-state index in [4.69, 9.17) is 0 Å². The van der Waals surface area contributed by atoms with Gasteiger partial charge in [0.25, 0.3) is 0 Å². The Morgan fingerprint density at radius 3 is 3.03 bits per heavy atom. The molecule has 5 rings (SSSR count). The Morgan fingerprint density at radius 2 is 2.21 bits per heavy atom. The van der Waals surface area contributed by atoms with Crippen LogP contribution >= 0.6 is 11.8 Å². The number of nitrogens with zero attached hydrogens (tertiary/aromatic N) is 5. The van der Waals surface area contributed by atoms with Gasteiger partial charge in [-0.3, -0.25) is 4.68 Å². The summed E-state index contributed by atoms with van der Waals surface area (Å²) in [4.78, 5) is 12.0. The Hall–Kier alpha value is -3.20. The summed E-state index contributed by atoms with van der Waals surface area (Å²) in [5.41, 5.74) is 2.98. The van der Waals surface area contributed by atoms with Gasteiger partial charge in [0, 0.05) is 42.2 Å². The fraction of sp³-hybridized carbons (Fsp3) is 0.273. The third-order valence-corrected chi connectivity index (χ3v) is 9.56. The van der Waals surface area contributed by atoms with E-state index >= 15 is 0 Å². The SMILES string of the molecule is N#CCC(c1cccc(S(=O)(=O)C2CNCCS2)c1)n1cc(-c2ncnc3[nH]ccc23)cn1. The van der Waals surface area contributed by atoms with Gasteiger partial charge < -0.3 is 10.3 Å². The predicted octanol–water partition coefficient (Wildman–Crippen LogP) is 2.76. The minimum Gasteiger partial charge on any atom is -0.346 e. The molecule has 1 aliphatic heterocycles. The summed E-state index contributed by atoms with van der Waals surface area (Å²) in [7, 11) is -3.50. The molecule has 1 aliphatic rings. The highest BCUT2D eigenvalue weighted by atomic mass is 32.3. The van der Waals surface area contributed by atoms with Gasteiger partial charge in [0.2, 0.25) is 0 Å². The number of sulfone groups is 1. The van der Waals surface area contributed by atoms with Gasteiger partial charge in [0.15, 0.2) is 9.84 Å². The van der Waals surface area contributed by atoms with Crippen molar-refractivity contribution in [3.8, 4) is 17.3 Å². The first-order valence-corrected chi connectivity index (χ1v) is 13.0. The number of aromatic amines is 1. The zero-order chi connectivity index (χ0) is 22.8. The van der Waals surface area contributed by atoms with Crippen molar-refractivity contribution < 1.29 is 8.42 Å². The van der Waals surface area contributed by atoms with E-state index in [1.165, 1.54) is 18.1 Å². The third-order valence-electron chi connectivity index (χ3n) is 5.64. The second-order valence-electron chi connectivity index (χ2n) is 7.67. The molecular formula is C22H21N7O2S2. The van der Waals surface area contributed by atoms with Crippen LogP contribution in [0.3, 0.4) is 0 Å². The van der Waals surface area contributed by atoms with Crippen LogP contribution in [0.2, 0.25) is 0 Å². The molecule has 0 bridgehead atoms. The molecule has 3 aromatic heterocycles. The summed E-state index contributed by atoms with van der Waals surface area (Å²) in [6, 6.07) is 10.5. The van der Waals surface area contributed by atoms with Crippen molar-refractivity contribution in [2.45, 2.75) is 21.9 Å². The van der Waals surface area contributed by atoms with E-state index in [-0.39, 0.29) is 11.3 Å². The van der Waals surface area contributed by atoms with Crippen LogP contribution in [-0.4, -0.2) is 56.6 Å². The van der Waals surface area contributed by atoms with Crippen LogP contribution in [0.15, 0.2) is 60.1 Å². The first kappa shape index (κ1) is 21.6. The maximum absolute atomic E-state index is 13.2. The molecule has 2 unspecified atom stereocenters. The quantitative estimate of drug-likeness (QED) is 0.432. The summed E-state index contributed by atoms with van der Waals surface area (Å²) >= 11 is 1.45. The summed E-state index contributed by atoms with van der Waals surface area (Å²) in [6.45, 7) is 1.23. The normalized spacial score (nSPS) is 17.6. The molecular weight excluding hydrogens is 458 g/mol. The van der Waals surface area contributed by atoms with E-state index in [2.05, 4.69) is 31.4 Å². The summed E-state index contributed by atoms with van der Waals surface area (Å²) < 4.78 is 27.5. The van der Waals surface area contributed by atoms with Crippen molar-refractivity contribution in [3.63, 3.8) is 0 Å². The highest BCUT2D eigenvalue weighted by Gasteiger charge is 2.30. The molecule has 0 saturated carbocycles. The van der Waals surface area contributed by atoms with Crippen LogP contribution in [0.25, 0.3) is 22.3 Å². The topological polar surface area (TPSA) is 129 Å². The van der Waals surface area contributed by atoms with E-state index in [0.29, 0.717) is 6.54 Å². The molecule has 4 heterocycles. The average Bonchev–Trinajstić information content (AvgIpc) is 3.53. The molecule has 0 aliphatic carbocycles. The molecule has 11 heteroatoms. The second kappa shape index (κ2) is 8.97. The highest BCUT2D eigenvalue weighted by molar-refractivity contribution is 8.13. The fourth-order valence-electron chi connectivity index (χ4n) is 3.98. The van der Waals surface area contributed by atoms with Gasteiger partial charge in [-0.05, 0) is 23.8 Å². The van der Waals surface area contributed by atoms with Crippen molar-refractivity contribution in [1.82, 2.24) is 30.0 Å². The zero-order valence-electron chi connectivity index (χ0n) is 17.5. The monoisotopic (exact) mass is 479 g/mol. The van der Waals surface area contributed by atoms with Crippen molar-refractivity contribution in [2.24, 2.45) is 0 Å². The van der Waals surface area contributed by atoms with Crippen LogP contribution in [-0.2, 0) is 9.84 Å². The van der Waals surface area contributed by atoms with Crippen LogP contribution in [0.1, 0.15) is 18.0 Å². The fourth-order valence-corrected chi connectivity index (χ4v) is 7.28. The van der Waals surface area contributed by atoms with Gasteiger partial charge in [-0.1, -0.05) is 12.1 Å². The summed E-state index contributed by atoms with van der Waals surface area (Å²) in [5, 5.41) is 18.0. The Labute approximate surface area is 195 Å². The molecule has 168 valence electrons. The van der Waals surface area contributed by atoms with Crippen LogP contribution in [0, 0.1) is 11.3 Å². The molecule has 4 aromatic rings. The van der Waals surface area contributed by atoms with Crippen LogP contribution in [0.5, 0.6) is 0 Å². The first-order valence-electron chi connectivity index (χ1n) is 10.4. The predicted molar refractivity (Wildman–Crippen MR) is 126 cm³/mol. The molecule has 2 atom stereocenters. The third kappa shape index (κ3) is 4.13. The van der Waals surface area contributed by atoms with Gasteiger partial charge in [0.1, 0.15) is 16.6 Å². The molecule has 33 heavy (non-hydrogen) atoms. The van der Waals surface area contributed by atoms with Crippen molar-refractivity contribution in [2.75, 3.05) is 18.8 Å². The van der Waals surface area contributed by atoms with Gasteiger partial charge >= 0.3 is 0 Å². The second-order valence-corrected chi connectivity index (χ2v) is 11.4. The van der Waals surface area contributed by atoms with E-state index < -0.39 is 20.5 Å². The average molecular weight is 480 g/mol. The Bertz CT molecular complexity index is 1430. The molecule has 0 amide bonds. The first-order chi connectivity index (χ1) is 16.1. The summed E-state index contributed by atoms with van der Waals surface area (Å²) in [5.74, 6) is 0.758. The number of rotatable bonds is 6. The van der Waals surface area contributed by atoms with Gasteiger partial charge in [-0.2, -0.15) is 10.4 Å². The molecule has 0 spiro atoms.